The van der Waals surface area contributed by atoms with Gasteiger partial charge in [0.15, 0.2) is 11.5 Å². The van der Waals surface area contributed by atoms with Crippen LogP contribution in [0.1, 0.15) is 21.5 Å². The second-order valence-electron chi connectivity index (χ2n) is 7.20. The third-order valence-corrected chi connectivity index (χ3v) is 6.58. The number of halogens is 2. The van der Waals surface area contributed by atoms with Crippen LogP contribution < -0.4 is 9.47 Å². The largest absolute Gasteiger partial charge is 0.493 e. The number of carbonyl (C=O) groups is 3. The SMILES string of the molecule is COc1cc(/C=C2\SC(=O)N(Cc3ccc(Br)cc3)C2=O)ccc1OC(=O)c1ccc(Cl)cc1. The minimum atomic E-state index is -0.559. The van der Waals surface area contributed by atoms with Gasteiger partial charge in [0.25, 0.3) is 11.1 Å². The average molecular weight is 559 g/mol. The van der Waals surface area contributed by atoms with Crippen molar-refractivity contribution in [2.45, 2.75) is 6.54 Å². The molecule has 0 saturated carbocycles. The Morgan fingerprint density at radius 3 is 2.41 bits per heavy atom. The zero-order valence-electron chi connectivity index (χ0n) is 17.8. The van der Waals surface area contributed by atoms with Gasteiger partial charge >= 0.3 is 5.97 Å². The van der Waals surface area contributed by atoms with Crippen LogP contribution >= 0.6 is 39.3 Å². The van der Waals surface area contributed by atoms with Crippen molar-refractivity contribution < 1.29 is 23.9 Å². The standard InChI is InChI=1S/C25H17BrClNO5S/c1-32-21-12-16(4-11-20(21)33-24(30)17-5-9-19(27)10-6-17)13-22-23(29)28(25(31)34-22)14-15-2-7-18(26)8-3-15/h2-13H,14H2,1H3/b22-13-. The van der Waals surface area contributed by atoms with Gasteiger partial charge < -0.3 is 9.47 Å². The van der Waals surface area contributed by atoms with Crippen molar-refractivity contribution in [3.63, 3.8) is 0 Å². The molecule has 3 aromatic carbocycles. The molecule has 2 amide bonds. The molecule has 0 spiro atoms. The van der Waals surface area contributed by atoms with Gasteiger partial charge in [0.2, 0.25) is 0 Å². The van der Waals surface area contributed by atoms with E-state index in [1.54, 1.807) is 48.5 Å². The summed E-state index contributed by atoms with van der Waals surface area (Å²) in [4.78, 5) is 39.2. The van der Waals surface area contributed by atoms with Crippen LogP contribution in [0.2, 0.25) is 5.02 Å². The molecule has 0 aromatic heterocycles. The predicted molar refractivity (Wildman–Crippen MR) is 135 cm³/mol. The highest BCUT2D eigenvalue weighted by molar-refractivity contribution is 9.10. The predicted octanol–water partition coefficient (Wildman–Crippen LogP) is 6.57. The molecule has 0 radical (unpaired) electrons. The third kappa shape index (κ3) is 5.52. The van der Waals surface area contributed by atoms with Crippen LogP contribution in [-0.4, -0.2) is 29.1 Å². The summed E-state index contributed by atoms with van der Waals surface area (Å²) in [6.07, 6.45) is 1.61. The molecule has 0 N–H and O–H groups in total. The van der Waals surface area contributed by atoms with Gasteiger partial charge in [-0.15, -0.1) is 0 Å². The Balaban J connectivity index is 1.50. The highest BCUT2D eigenvalue weighted by atomic mass is 79.9. The van der Waals surface area contributed by atoms with Crippen LogP contribution in [0.15, 0.2) is 76.1 Å². The number of thioether (sulfide) groups is 1. The molecule has 34 heavy (non-hydrogen) atoms. The van der Waals surface area contributed by atoms with Gasteiger partial charge in [-0.25, -0.2) is 4.79 Å². The van der Waals surface area contributed by atoms with Crippen molar-refractivity contribution >= 4 is 62.5 Å². The highest BCUT2D eigenvalue weighted by Gasteiger charge is 2.35. The fraction of sp³-hybridized carbons (Fsp3) is 0.0800. The second-order valence-corrected chi connectivity index (χ2v) is 9.55. The van der Waals surface area contributed by atoms with Gasteiger partial charge in [0, 0.05) is 9.50 Å². The van der Waals surface area contributed by atoms with E-state index in [2.05, 4.69) is 15.9 Å². The van der Waals surface area contributed by atoms with Crippen LogP contribution in [0.5, 0.6) is 11.5 Å². The van der Waals surface area contributed by atoms with Gasteiger partial charge in [-0.3, -0.25) is 14.5 Å². The van der Waals surface area contributed by atoms with Crippen molar-refractivity contribution in [1.82, 2.24) is 4.90 Å². The summed E-state index contributed by atoms with van der Waals surface area (Å²) in [6, 6.07) is 18.6. The van der Waals surface area contributed by atoms with Gasteiger partial charge in [-0.05, 0) is 77.5 Å². The fourth-order valence-electron chi connectivity index (χ4n) is 3.16. The summed E-state index contributed by atoms with van der Waals surface area (Å²) < 4.78 is 11.7. The normalized spacial score (nSPS) is 14.6. The van der Waals surface area contributed by atoms with E-state index in [4.69, 9.17) is 21.1 Å². The molecule has 6 nitrogen and oxygen atoms in total. The maximum absolute atomic E-state index is 12.8. The van der Waals surface area contributed by atoms with Crippen molar-refractivity contribution in [1.29, 1.82) is 0 Å². The summed E-state index contributed by atoms with van der Waals surface area (Å²) in [7, 11) is 1.45. The van der Waals surface area contributed by atoms with Crippen LogP contribution in [-0.2, 0) is 11.3 Å². The number of hydrogen-bond acceptors (Lipinski definition) is 6. The summed E-state index contributed by atoms with van der Waals surface area (Å²) >= 11 is 10.1. The summed E-state index contributed by atoms with van der Waals surface area (Å²) in [6.45, 7) is 0.193. The lowest BCUT2D eigenvalue weighted by Crippen LogP contribution is -2.27. The monoisotopic (exact) mass is 557 g/mol. The number of esters is 1. The molecular weight excluding hydrogens is 542 g/mol. The maximum Gasteiger partial charge on any atom is 0.343 e. The van der Waals surface area contributed by atoms with E-state index in [-0.39, 0.29) is 23.4 Å². The number of carbonyl (C=O) groups excluding carboxylic acids is 3. The molecule has 4 rings (SSSR count). The molecule has 1 aliphatic rings. The lowest BCUT2D eigenvalue weighted by Gasteiger charge is -2.12. The summed E-state index contributed by atoms with van der Waals surface area (Å²) in [5.41, 5.74) is 1.81. The first-order valence-corrected chi connectivity index (χ1v) is 12.0. The number of methoxy groups -OCH3 is 1. The quantitative estimate of drug-likeness (QED) is 0.194. The van der Waals surface area contributed by atoms with Crippen LogP contribution in [0, 0.1) is 0 Å². The number of amides is 2. The first kappa shape index (κ1) is 24.1. The fourth-order valence-corrected chi connectivity index (χ4v) is 4.39. The van der Waals surface area contributed by atoms with E-state index in [1.165, 1.54) is 12.0 Å². The van der Waals surface area contributed by atoms with Crippen LogP contribution in [0.25, 0.3) is 6.08 Å². The number of rotatable bonds is 6. The molecule has 1 saturated heterocycles. The highest BCUT2D eigenvalue weighted by Crippen LogP contribution is 2.35. The Labute approximate surface area is 213 Å². The smallest absolute Gasteiger partial charge is 0.343 e. The molecule has 172 valence electrons. The van der Waals surface area contributed by atoms with Crippen molar-refractivity contribution in [2.24, 2.45) is 0 Å². The van der Waals surface area contributed by atoms with Crippen molar-refractivity contribution in [2.75, 3.05) is 7.11 Å². The first-order chi connectivity index (χ1) is 16.3. The number of imide groups is 1. The molecule has 1 aliphatic heterocycles. The maximum atomic E-state index is 12.8. The zero-order chi connectivity index (χ0) is 24.2. The Hall–Kier alpha value is -3.07. The average Bonchev–Trinajstić information content (AvgIpc) is 3.09. The van der Waals surface area contributed by atoms with Gasteiger partial charge in [0.1, 0.15) is 0 Å². The van der Waals surface area contributed by atoms with E-state index < -0.39 is 5.97 Å². The molecule has 1 fully saturated rings. The Bertz CT molecular complexity index is 1290. The molecular formula is C25H17BrClNO5S. The molecule has 0 atom stereocenters. The van der Waals surface area contributed by atoms with Crippen LogP contribution in [0.3, 0.4) is 0 Å². The number of benzene rings is 3. The van der Waals surface area contributed by atoms with Gasteiger partial charge in [0.05, 0.1) is 24.1 Å². The lowest BCUT2D eigenvalue weighted by atomic mass is 10.1. The number of nitrogens with zero attached hydrogens (tertiary/aromatic N) is 1. The summed E-state index contributed by atoms with van der Waals surface area (Å²) in [5, 5.41) is 0.180. The molecule has 9 heteroatoms. The van der Waals surface area contributed by atoms with Crippen molar-refractivity contribution in [3.05, 3.63) is 97.8 Å². The van der Waals surface area contributed by atoms with Crippen LogP contribution in [0.4, 0.5) is 4.79 Å². The van der Waals surface area contributed by atoms with E-state index in [9.17, 15) is 14.4 Å². The second kappa shape index (κ2) is 10.5. The lowest BCUT2D eigenvalue weighted by molar-refractivity contribution is -0.123. The Morgan fingerprint density at radius 2 is 1.74 bits per heavy atom. The van der Waals surface area contributed by atoms with E-state index in [0.717, 1.165) is 21.8 Å². The van der Waals surface area contributed by atoms with E-state index in [1.807, 2.05) is 24.3 Å². The molecule has 1 heterocycles. The molecule has 3 aromatic rings. The summed E-state index contributed by atoms with van der Waals surface area (Å²) in [5.74, 6) is -0.389. The minimum absolute atomic E-state index is 0.193. The third-order valence-electron chi connectivity index (χ3n) is 4.90. The van der Waals surface area contributed by atoms with Gasteiger partial charge in [-0.2, -0.15) is 0 Å². The van der Waals surface area contributed by atoms with Gasteiger partial charge in [-0.1, -0.05) is 45.7 Å². The van der Waals surface area contributed by atoms with E-state index in [0.29, 0.717) is 26.8 Å². The Kier molecular flexibility index (Phi) is 7.41. The number of hydrogen-bond donors (Lipinski definition) is 0. The van der Waals surface area contributed by atoms with Crippen molar-refractivity contribution in [3.8, 4) is 11.5 Å². The number of ether oxygens (including phenoxy) is 2. The topological polar surface area (TPSA) is 72.9 Å². The molecule has 0 unspecified atom stereocenters. The van der Waals surface area contributed by atoms with E-state index >= 15 is 0 Å². The molecule has 0 aliphatic carbocycles. The zero-order valence-corrected chi connectivity index (χ0v) is 20.9. The molecule has 0 bridgehead atoms. The minimum Gasteiger partial charge on any atom is -0.493 e. The Morgan fingerprint density at radius 1 is 1.03 bits per heavy atom. The first-order valence-electron chi connectivity index (χ1n) is 9.99.